The number of hydrogen-bond acceptors (Lipinski definition) is 4. The van der Waals surface area contributed by atoms with Gasteiger partial charge in [0, 0.05) is 28.9 Å². The Hall–Kier alpha value is -3.48. The first-order valence-corrected chi connectivity index (χ1v) is 12.3. The minimum absolute atomic E-state index is 0.0530. The van der Waals surface area contributed by atoms with Crippen LogP contribution in [0.3, 0.4) is 0 Å². The number of rotatable bonds is 5. The van der Waals surface area contributed by atoms with Crippen LogP contribution in [0.1, 0.15) is 99.2 Å². The summed E-state index contributed by atoms with van der Waals surface area (Å²) < 4.78 is 0. The molecule has 2 saturated carbocycles. The number of imide groups is 1. The second-order valence-electron chi connectivity index (χ2n) is 9.52. The molecule has 2 aromatic carbocycles. The van der Waals surface area contributed by atoms with E-state index in [-0.39, 0.29) is 35.7 Å². The highest BCUT2D eigenvalue weighted by Gasteiger charge is 2.40. The minimum atomic E-state index is -0.373. The average molecular weight is 460 g/mol. The lowest BCUT2D eigenvalue weighted by Crippen LogP contribution is -2.40. The van der Waals surface area contributed by atoms with E-state index in [2.05, 4.69) is 10.6 Å². The summed E-state index contributed by atoms with van der Waals surface area (Å²) in [6.45, 7) is 0. The van der Waals surface area contributed by atoms with Crippen molar-refractivity contribution in [2.45, 2.75) is 69.9 Å². The van der Waals surface area contributed by atoms with Crippen molar-refractivity contribution in [2.24, 2.45) is 0 Å². The number of anilines is 1. The van der Waals surface area contributed by atoms with Crippen molar-refractivity contribution in [3.63, 3.8) is 0 Å². The van der Waals surface area contributed by atoms with Gasteiger partial charge >= 0.3 is 0 Å². The molecule has 2 aromatic rings. The van der Waals surface area contributed by atoms with Gasteiger partial charge in [-0.1, -0.05) is 32.1 Å². The fourth-order valence-electron chi connectivity index (χ4n) is 5.32. The van der Waals surface area contributed by atoms with Crippen molar-refractivity contribution >= 4 is 29.3 Å². The van der Waals surface area contributed by atoms with Gasteiger partial charge in [0.05, 0.1) is 11.1 Å². The zero-order valence-corrected chi connectivity index (χ0v) is 19.1. The lowest BCUT2D eigenvalue weighted by Gasteiger charge is -2.29. The number of amides is 4. The summed E-state index contributed by atoms with van der Waals surface area (Å²) in [6.07, 6.45) is 9.20. The van der Waals surface area contributed by atoms with E-state index >= 15 is 0 Å². The Labute approximate surface area is 198 Å². The van der Waals surface area contributed by atoms with Crippen LogP contribution in [0.2, 0.25) is 0 Å². The van der Waals surface area contributed by atoms with E-state index in [0.29, 0.717) is 27.9 Å². The second kappa shape index (κ2) is 9.41. The molecule has 7 heteroatoms. The van der Waals surface area contributed by atoms with Crippen molar-refractivity contribution in [2.75, 3.05) is 5.32 Å². The average Bonchev–Trinajstić information content (AvgIpc) is 3.46. The molecule has 3 aliphatic rings. The van der Waals surface area contributed by atoms with Crippen LogP contribution in [0.5, 0.6) is 0 Å². The van der Waals surface area contributed by atoms with E-state index in [0.717, 1.165) is 57.8 Å². The molecule has 1 aliphatic heterocycles. The van der Waals surface area contributed by atoms with Gasteiger partial charge in [-0.2, -0.15) is 0 Å². The molecule has 5 rings (SSSR count). The molecule has 1 heterocycles. The number of hydrogen-bond donors (Lipinski definition) is 2. The Morgan fingerprint density at radius 1 is 0.706 bits per heavy atom. The number of nitrogens with one attached hydrogen (secondary N) is 2. The van der Waals surface area contributed by atoms with E-state index in [9.17, 15) is 19.2 Å². The van der Waals surface area contributed by atoms with Crippen LogP contribution >= 0.6 is 0 Å². The zero-order chi connectivity index (χ0) is 23.7. The summed E-state index contributed by atoms with van der Waals surface area (Å²) in [6, 6.07) is 11.6. The number of fused-ring (bicyclic) bond motifs is 1. The van der Waals surface area contributed by atoms with Crippen molar-refractivity contribution in [3.8, 4) is 0 Å². The van der Waals surface area contributed by atoms with Gasteiger partial charge in [0.2, 0.25) is 0 Å². The van der Waals surface area contributed by atoms with Gasteiger partial charge in [0.25, 0.3) is 23.6 Å². The molecule has 0 unspecified atom stereocenters. The number of benzene rings is 2. The molecule has 176 valence electrons. The molecule has 0 spiro atoms. The smallest absolute Gasteiger partial charge is 0.261 e. The summed E-state index contributed by atoms with van der Waals surface area (Å²) in [4.78, 5) is 52.5. The van der Waals surface area contributed by atoms with Crippen LogP contribution in [-0.4, -0.2) is 40.6 Å². The fourth-order valence-corrected chi connectivity index (χ4v) is 5.32. The lowest BCUT2D eigenvalue weighted by atomic mass is 9.94. The van der Waals surface area contributed by atoms with E-state index in [4.69, 9.17) is 0 Å². The normalized spacial score (nSPS) is 18.8. The number of nitrogens with zero attached hydrogens (tertiary/aromatic N) is 1. The van der Waals surface area contributed by atoms with Crippen molar-refractivity contribution in [3.05, 3.63) is 64.7 Å². The summed E-state index contributed by atoms with van der Waals surface area (Å²) in [5.74, 6) is -1.04. The van der Waals surface area contributed by atoms with Crippen LogP contribution in [0, 0.1) is 0 Å². The van der Waals surface area contributed by atoms with Gasteiger partial charge in [-0.3, -0.25) is 24.1 Å². The SMILES string of the molecule is O=C(Nc1ccc(C(=O)NC2CCCC2)cc1)c1ccc2c(c1)C(=O)N(C1CCCCC1)C2=O. The molecule has 2 aliphatic carbocycles. The topological polar surface area (TPSA) is 95.6 Å². The Bertz CT molecular complexity index is 1130. The molecule has 2 fully saturated rings. The molecular weight excluding hydrogens is 430 g/mol. The van der Waals surface area contributed by atoms with Gasteiger partial charge in [0.15, 0.2) is 0 Å². The summed E-state index contributed by atoms with van der Waals surface area (Å²) in [5, 5.41) is 5.86. The monoisotopic (exact) mass is 459 g/mol. The summed E-state index contributed by atoms with van der Waals surface area (Å²) in [5.41, 5.74) is 2.07. The fraction of sp³-hybridized carbons (Fsp3) is 0.407. The third-order valence-electron chi connectivity index (χ3n) is 7.22. The highest BCUT2D eigenvalue weighted by Crippen LogP contribution is 2.31. The van der Waals surface area contributed by atoms with E-state index in [1.807, 2.05) is 0 Å². The first kappa shape index (κ1) is 22.3. The second-order valence-corrected chi connectivity index (χ2v) is 9.52. The Balaban J connectivity index is 1.25. The maximum Gasteiger partial charge on any atom is 0.261 e. The van der Waals surface area contributed by atoms with Crippen LogP contribution in [0.15, 0.2) is 42.5 Å². The van der Waals surface area contributed by atoms with Crippen LogP contribution in [0.25, 0.3) is 0 Å². The van der Waals surface area contributed by atoms with E-state index in [1.54, 1.807) is 36.4 Å². The molecule has 0 aromatic heterocycles. The zero-order valence-electron chi connectivity index (χ0n) is 19.1. The quantitative estimate of drug-likeness (QED) is 0.642. The predicted octanol–water partition coefficient (Wildman–Crippen LogP) is 4.54. The summed E-state index contributed by atoms with van der Waals surface area (Å²) >= 11 is 0. The molecule has 4 amide bonds. The number of carbonyl (C=O) groups excluding carboxylic acids is 4. The van der Waals surface area contributed by atoms with Gasteiger partial charge < -0.3 is 10.6 Å². The molecule has 34 heavy (non-hydrogen) atoms. The summed E-state index contributed by atoms with van der Waals surface area (Å²) in [7, 11) is 0. The number of carbonyl (C=O) groups is 4. The molecular formula is C27H29N3O4. The van der Waals surface area contributed by atoms with Crippen molar-refractivity contribution < 1.29 is 19.2 Å². The lowest BCUT2D eigenvalue weighted by molar-refractivity contribution is 0.0548. The molecule has 0 bridgehead atoms. The third-order valence-corrected chi connectivity index (χ3v) is 7.22. The predicted molar refractivity (Wildman–Crippen MR) is 128 cm³/mol. The van der Waals surface area contributed by atoms with Crippen LogP contribution < -0.4 is 10.6 Å². The van der Waals surface area contributed by atoms with Gasteiger partial charge in [-0.15, -0.1) is 0 Å². The maximum absolute atomic E-state index is 13.0. The highest BCUT2D eigenvalue weighted by molar-refractivity contribution is 6.22. The van der Waals surface area contributed by atoms with Crippen LogP contribution in [-0.2, 0) is 0 Å². The molecule has 0 radical (unpaired) electrons. The first-order chi connectivity index (χ1) is 16.5. The van der Waals surface area contributed by atoms with Gasteiger partial charge in [-0.25, -0.2) is 0 Å². The van der Waals surface area contributed by atoms with Gasteiger partial charge in [0.1, 0.15) is 0 Å². The Morgan fingerprint density at radius 3 is 2.03 bits per heavy atom. The van der Waals surface area contributed by atoms with Crippen molar-refractivity contribution in [1.82, 2.24) is 10.2 Å². The van der Waals surface area contributed by atoms with E-state index in [1.165, 1.54) is 11.0 Å². The van der Waals surface area contributed by atoms with E-state index < -0.39 is 0 Å². The standard InChI is InChI=1S/C27H29N3O4/c31-24(28-19-6-4-5-7-19)17-10-13-20(14-11-17)29-25(32)18-12-15-22-23(16-18)27(34)30(26(22)33)21-8-2-1-3-9-21/h10-16,19,21H,1-9H2,(H,28,31)(H,29,32). The molecule has 0 saturated heterocycles. The Kier molecular flexibility index (Phi) is 6.18. The third kappa shape index (κ3) is 4.34. The minimum Gasteiger partial charge on any atom is -0.349 e. The molecule has 0 atom stereocenters. The van der Waals surface area contributed by atoms with Crippen LogP contribution in [0.4, 0.5) is 5.69 Å². The largest absolute Gasteiger partial charge is 0.349 e. The van der Waals surface area contributed by atoms with Crippen molar-refractivity contribution in [1.29, 1.82) is 0 Å². The maximum atomic E-state index is 13.0. The first-order valence-electron chi connectivity index (χ1n) is 12.3. The Morgan fingerprint density at radius 2 is 1.32 bits per heavy atom. The molecule has 7 nitrogen and oxygen atoms in total. The molecule has 2 N–H and O–H groups in total. The highest BCUT2D eigenvalue weighted by atomic mass is 16.2. The van der Waals surface area contributed by atoms with Gasteiger partial charge in [-0.05, 0) is 68.1 Å².